The van der Waals surface area contributed by atoms with Gasteiger partial charge in [0.05, 0.1) is 6.20 Å². The molecule has 1 aromatic rings. The molecule has 0 unspecified atom stereocenters. The number of aromatic nitrogens is 2. The van der Waals surface area contributed by atoms with Gasteiger partial charge in [0.25, 0.3) is 11.8 Å². The molecule has 1 saturated carbocycles. The van der Waals surface area contributed by atoms with Crippen LogP contribution >= 0.6 is 11.6 Å². The van der Waals surface area contributed by atoms with Gasteiger partial charge in [-0.3, -0.25) is 0 Å². The molecule has 3 nitrogen and oxygen atoms in total. The van der Waals surface area contributed by atoms with Crippen LogP contribution in [0.4, 0.5) is 23.4 Å². The molecule has 1 saturated heterocycles. The number of piperidine rings is 1. The van der Waals surface area contributed by atoms with Crippen molar-refractivity contribution < 1.29 is 17.6 Å². The molecule has 0 amide bonds. The molecule has 1 aliphatic heterocycles. The van der Waals surface area contributed by atoms with E-state index >= 15 is 0 Å². The first-order chi connectivity index (χ1) is 9.63. The van der Waals surface area contributed by atoms with Crippen molar-refractivity contribution in [2.24, 2.45) is 0 Å². The molecule has 0 bridgehead atoms. The fourth-order valence-electron chi connectivity index (χ4n) is 2.91. The minimum atomic E-state index is -3.19. The van der Waals surface area contributed by atoms with E-state index in [0.29, 0.717) is 25.6 Å². The van der Waals surface area contributed by atoms with Crippen molar-refractivity contribution in [2.45, 2.75) is 50.0 Å². The molecular weight excluding hydrogens is 310 g/mol. The molecule has 0 atom stereocenters. The Morgan fingerprint density at radius 1 is 1.29 bits per heavy atom. The van der Waals surface area contributed by atoms with Crippen LogP contribution in [-0.2, 0) is 5.92 Å². The SMILES string of the molecule is CC(F)(F)c1ncc(N2CCC(F)(F)CC23CC3)nc1Cl. The van der Waals surface area contributed by atoms with Crippen LogP contribution in [0.3, 0.4) is 0 Å². The van der Waals surface area contributed by atoms with Crippen LogP contribution in [0.15, 0.2) is 6.20 Å². The van der Waals surface area contributed by atoms with E-state index in [1.54, 1.807) is 4.90 Å². The van der Waals surface area contributed by atoms with Crippen molar-refractivity contribution in [3.8, 4) is 0 Å². The summed E-state index contributed by atoms with van der Waals surface area (Å²) >= 11 is 5.77. The van der Waals surface area contributed by atoms with E-state index in [0.717, 1.165) is 0 Å². The smallest absolute Gasteiger partial charge is 0.290 e. The predicted molar refractivity (Wildman–Crippen MR) is 70.1 cm³/mol. The van der Waals surface area contributed by atoms with Gasteiger partial charge in [-0.2, -0.15) is 8.78 Å². The Hall–Kier alpha value is -1.11. The highest BCUT2D eigenvalue weighted by molar-refractivity contribution is 6.30. The first-order valence-corrected chi connectivity index (χ1v) is 7.07. The fourth-order valence-corrected chi connectivity index (χ4v) is 3.21. The number of hydrogen-bond donors (Lipinski definition) is 0. The van der Waals surface area contributed by atoms with Gasteiger partial charge in [-0.25, -0.2) is 18.7 Å². The van der Waals surface area contributed by atoms with Crippen molar-refractivity contribution in [3.05, 3.63) is 17.0 Å². The number of rotatable bonds is 2. The van der Waals surface area contributed by atoms with Gasteiger partial charge in [0.15, 0.2) is 5.15 Å². The average Bonchev–Trinajstić information content (AvgIpc) is 3.05. The number of anilines is 1. The maximum atomic E-state index is 13.5. The van der Waals surface area contributed by atoms with Gasteiger partial charge in [0.1, 0.15) is 11.5 Å². The Kier molecular flexibility index (Phi) is 3.13. The molecule has 0 N–H and O–H groups in total. The summed E-state index contributed by atoms with van der Waals surface area (Å²) in [4.78, 5) is 9.37. The van der Waals surface area contributed by atoms with Crippen LogP contribution in [0.25, 0.3) is 0 Å². The van der Waals surface area contributed by atoms with Crippen molar-refractivity contribution in [2.75, 3.05) is 11.4 Å². The van der Waals surface area contributed by atoms with Gasteiger partial charge in [-0.15, -0.1) is 0 Å². The zero-order valence-electron chi connectivity index (χ0n) is 11.3. The minimum Gasteiger partial charge on any atom is -0.349 e. The average molecular weight is 324 g/mol. The summed E-state index contributed by atoms with van der Waals surface area (Å²) < 4.78 is 53.6. The van der Waals surface area contributed by atoms with Crippen molar-refractivity contribution >= 4 is 17.4 Å². The van der Waals surface area contributed by atoms with Gasteiger partial charge in [-0.05, 0) is 12.8 Å². The van der Waals surface area contributed by atoms with Crippen LogP contribution in [0, 0.1) is 0 Å². The molecule has 3 rings (SSSR count). The van der Waals surface area contributed by atoms with E-state index in [-0.39, 0.29) is 24.5 Å². The van der Waals surface area contributed by atoms with Crippen molar-refractivity contribution in [1.29, 1.82) is 0 Å². The van der Waals surface area contributed by atoms with Crippen LogP contribution in [-0.4, -0.2) is 28.0 Å². The number of halogens is 5. The number of alkyl halides is 4. The van der Waals surface area contributed by atoms with E-state index in [1.165, 1.54) is 6.20 Å². The topological polar surface area (TPSA) is 29.0 Å². The quantitative estimate of drug-likeness (QED) is 0.770. The molecule has 8 heteroatoms. The Morgan fingerprint density at radius 3 is 2.48 bits per heavy atom. The first-order valence-electron chi connectivity index (χ1n) is 6.69. The zero-order valence-corrected chi connectivity index (χ0v) is 12.1. The molecule has 2 aliphatic rings. The van der Waals surface area contributed by atoms with Gasteiger partial charge >= 0.3 is 0 Å². The Morgan fingerprint density at radius 2 is 1.95 bits per heavy atom. The second-order valence-corrected chi connectivity index (χ2v) is 6.27. The molecule has 0 radical (unpaired) electrons. The maximum Gasteiger partial charge on any atom is 0.290 e. The molecule has 1 spiro atoms. The molecular formula is C13H14ClF4N3. The normalized spacial score (nSPS) is 23.4. The van der Waals surface area contributed by atoms with Crippen molar-refractivity contribution in [1.82, 2.24) is 9.97 Å². The molecule has 21 heavy (non-hydrogen) atoms. The van der Waals surface area contributed by atoms with Crippen LogP contribution in [0.1, 0.15) is 38.3 Å². The van der Waals surface area contributed by atoms with Crippen LogP contribution in [0.5, 0.6) is 0 Å². The lowest BCUT2D eigenvalue weighted by molar-refractivity contribution is -0.0375. The minimum absolute atomic E-state index is 0.125. The van der Waals surface area contributed by atoms with Gasteiger partial charge in [-0.1, -0.05) is 11.6 Å². The van der Waals surface area contributed by atoms with Gasteiger partial charge < -0.3 is 4.90 Å². The fraction of sp³-hybridized carbons (Fsp3) is 0.692. The number of nitrogens with zero attached hydrogens (tertiary/aromatic N) is 3. The van der Waals surface area contributed by atoms with E-state index in [9.17, 15) is 17.6 Å². The van der Waals surface area contributed by atoms with Crippen molar-refractivity contribution in [3.63, 3.8) is 0 Å². The van der Waals surface area contributed by atoms with Gasteiger partial charge in [0, 0.05) is 31.8 Å². The lowest BCUT2D eigenvalue weighted by Gasteiger charge is -2.40. The third-order valence-corrected chi connectivity index (χ3v) is 4.36. The summed E-state index contributed by atoms with van der Waals surface area (Å²) in [7, 11) is 0. The molecule has 116 valence electrons. The lowest BCUT2D eigenvalue weighted by Crippen LogP contribution is -2.49. The largest absolute Gasteiger partial charge is 0.349 e. The highest BCUT2D eigenvalue weighted by atomic mass is 35.5. The molecule has 2 heterocycles. The summed E-state index contributed by atoms with van der Waals surface area (Å²) in [6.07, 6.45) is 1.98. The molecule has 2 fully saturated rings. The summed E-state index contributed by atoms with van der Waals surface area (Å²) in [6, 6.07) is 0. The highest BCUT2D eigenvalue weighted by Gasteiger charge is 2.57. The third-order valence-electron chi connectivity index (χ3n) is 4.10. The number of hydrogen-bond acceptors (Lipinski definition) is 3. The molecule has 1 aromatic heterocycles. The van der Waals surface area contributed by atoms with Gasteiger partial charge in [0.2, 0.25) is 0 Å². The monoisotopic (exact) mass is 323 g/mol. The Balaban J connectivity index is 1.90. The summed E-state index contributed by atoms with van der Waals surface area (Å²) in [5.41, 5.74) is -1.21. The maximum absolute atomic E-state index is 13.5. The second-order valence-electron chi connectivity index (χ2n) is 5.91. The highest BCUT2D eigenvalue weighted by Crippen LogP contribution is 2.53. The third kappa shape index (κ3) is 2.67. The Bertz CT molecular complexity index is 569. The summed E-state index contributed by atoms with van der Waals surface area (Å²) in [5, 5.41) is -0.381. The molecule has 1 aliphatic carbocycles. The standard InChI is InChI=1S/C13H14ClF4N3/c1-11(15,16)9-10(14)20-8(6-19-9)21-5-4-13(17,18)7-12(21)2-3-12/h6H,2-5,7H2,1H3. The van der Waals surface area contributed by atoms with E-state index in [2.05, 4.69) is 9.97 Å². The van der Waals surface area contributed by atoms with Crippen LogP contribution < -0.4 is 4.90 Å². The first kappa shape index (κ1) is 14.8. The Labute approximate surface area is 124 Å². The van der Waals surface area contributed by atoms with E-state index in [1.807, 2.05) is 0 Å². The van der Waals surface area contributed by atoms with E-state index < -0.39 is 23.1 Å². The molecule has 0 aromatic carbocycles. The second kappa shape index (κ2) is 4.44. The summed E-state index contributed by atoms with van der Waals surface area (Å²) in [5.74, 6) is -5.57. The van der Waals surface area contributed by atoms with Crippen LogP contribution in [0.2, 0.25) is 5.15 Å². The van der Waals surface area contributed by atoms with E-state index in [4.69, 9.17) is 11.6 Å². The lowest BCUT2D eigenvalue weighted by atomic mass is 9.96. The summed E-state index contributed by atoms with van der Waals surface area (Å²) in [6.45, 7) is 0.812. The predicted octanol–water partition coefficient (Wildman–Crippen LogP) is 4.01. The zero-order chi connectivity index (χ0) is 15.5.